The van der Waals surface area contributed by atoms with Crippen LogP contribution in [0.5, 0.6) is 11.5 Å². The van der Waals surface area contributed by atoms with Gasteiger partial charge in [-0.3, -0.25) is 9.59 Å². The lowest BCUT2D eigenvalue weighted by atomic mass is 10.1. The van der Waals surface area contributed by atoms with Crippen molar-refractivity contribution in [2.75, 3.05) is 13.3 Å². The van der Waals surface area contributed by atoms with Crippen LogP contribution in [0.3, 0.4) is 0 Å². The monoisotopic (exact) mass is 386 g/mol. The lowest BCUT2D eigenvalue weighted by Crippen LogP contribution is -2.45. The van der Waals surface area contributed by atoms with Gasteiger partial charge >= 0.3 is 5.97 Å². The van der Waals surface area contributed by atoms with Crippen molar-refractivity contribution in [1.29, 1.82) is 0 Å². The molecule has 1 atom stereocenters. The third-order valence-electron chi connectivity index (χ3n) is 4.75. The number of nitrogens with zero attached hydrogens (tertiary/aromatic N) is 1. The molecule has 1 fully saturated rings. The predicted molar refractivity (Wildman–Crippen MR) is 94.1 cm³/mol. The van der Waals surface area contributed by atoms with Gasteiger partial charge in [-0.25, -0.2) is 4.79 Å². The summed E-state index contributed by atoms with van der Waals surface area (Å²) in [6.45, 7) is 0.655. The van der Waals surface area contributed by atoms with Crippen LogP contribution >= 0.6 is 0 Å². The number of amides is 2. The van der Waals surface area contributed by atoms with Gasteiger partial charge in [-0.1, -0.05) is 0 Å². The van der Waals surface area contributed by atoms with E-state index in [-0.39, 0.29) is 30.9 Å². The molecule has 1 unspecified atom stereocenters. The summed E-state index contributed by atoms with van der Waals surface area (Å²) in [5.74, 6) is -0.484. The van der Waals surface area contributed by atoms with E-state index in [1.165, 1.54) is 17.0 Å². The zero-order valence-electron chi connectivity index (χ0n) is 14.8. The number of carboxylic acid groups (broad SMARTS) is 1. The number of carbonyl (C=O) groups excluding carboxylic acids is 2. The van der Waals surface area contributed by atoms with Crippen molar-refractivity contribution in [2.24, 2.45) is 0 Å². The standard InChI is InChI=1S/C19H18N2O7/c22-17(20-9-12-4-6-15(28-12)19(24)25)13-2-1-7-21(13)18(23)11-3-5-14-16(8-11)27-10-26-14/h3-6,8,13H,1-2,7,9-10H2,(H,20,22)(H,24,25). The molecule has 0 aliphatic carbocycles. The summed E-state index contributed by atoms with van der Waals surface area (Å²) >= 11 is 0. The smallest absolute Gasteiger partial charge is 0.371 e. The second kappa shape index (κ2) is 7.26. The summed E-state index contributed by atoms with van der Waals surface area (Å²) in [7, 11) is 0. The molecule has 0 saturated carbocycles. The van der Waals surface area contributed by atoms with E-state index in [0.717, 1.165) is 6.42 Å². The molecule has 28 heavy (non-hydrogen) atoms. The SMILES string of the molecule is O=C(O)c1ccc(CNC(=O)C2CCCN2C(=O)c2ccc3c(c2)OCO3)o1. The molecule has 1 aromatic carbocycles. The maximum Gasteiger partial charge on any atom is 0.371 e. The number of hydrogen-bond acceptors (Lipinski definition) is 6. The Morgan fingerprint density at radius 2 is 1.96 bits per heavy atom. The van der Waals surface area contributed by atoms with Crippen LogP contribution in [0.1, 0.15) is 39.5 Å². The molecule has 146 valence electrons. The van der Waals surface area contributed by atoms with Crippen LogP contribution in [0.15, 0.2) is 34.7 Å². The molecule has 2 aromatic rings. The Labute approximate surface area is 159 Å². The topological polar surface area (TPSA) is 118 Å². The molecule has 3 heterocycles. The van der Waals surface area contributed by atoms with Gasteiger partial charge in [0.1, 0.15) is 11.8 Å². The average Bonchev–Trinajstić information content (AvgIpc) is 3.44. The quantitative estimate of drug-likeness (QED) is 0.802. The van der Waals surface area contributed by atoms with Gasteiger partial charge in [0.2, 0.25) is 18.5 Å². The van der Waals surface area contributed by atoms with Crippen LogP contribution in [0, 0.1) is 0 Å². The van der Waals surface area contributed by atoms with Gasteiger partial charge in [-0.15, -0.1) is 0 Å². The van der Waals surface area contributed by atoms with Gasteiger partial charge in [0.05, 0.1) is 6.54 Å². The number of fused-ring (bicyclic) bond motifs is 1. The average molecular weight is 386 g/mol. The minimum absolute atomic E-state index is 0.0503. The Kier molecular flexibility index (Phi) is 4.64. The highest BCUT2D eigenvalue weighted by Crippen LogP contribution is 2.33. The maximum atomic E-state index is 12.9. The highest BCUT2D eigenvalue weighted by atomic mass is 16.7. The molecule has 4 rings (SSSR count). The summed E-state index contributed by atoms with van der Waals surface area (Å²) in [4.78, 5) is 37.8. The Bertz CT molecular complexity index is 936. The molecule has 1 saturated heterocycles. The summed E-state index contributed by atoms with van der Waals surface area (Å²) in [6.07, 6.45) is 1.28. The van der Waals surface area contributed by atoms with Crippen LogP contribution in [0.25, 0.3) is 0 Å². The zero-order valence-corrected chi connectivity index (χ0v) is 14.8. The molecule has 2 aliphatic heterocycles. The molecule has 2 amide bonds. The minimum atomic E-state index is -1.17. The van der Waals surface area contributed by atoms with Crippen LogP contribution in [0.4, 0.5) is 0 Å². The van der Waals surface area contributed by atoms with E-state index in [4.69, 9.17) is 19.0 Å². The maximum absolute atomic E-state index is 12.9. The number of furan rings is 1. The highest BCUT2D eigenvalue weighted by molar-refractivity contribution is 5.98. The highest BCUT2D eigenvalue weighted by Gasteiger charge is 2.35. The lowest BCUT2D eigenvalue weighted by Gasteiger charge is -2.24. The van der Waals surface area contributed by atoms with E-state index >= 15 is 0 Å². The number of benzene rings is 1. The van der Waals surface area contributed by atoms with Crippen LogP contribution in [-0.2, 0) is 11.3 Å². The van der Waals surface area contributed by atoms with Gasteiger partial charge in [0.15, 0.2) is 11.5 Å². The first-order valence-electron chi connectivity index (χ1n) is 8.83. The summed E-state index contributed by atoms with van der Waals surface area (Å²) in [6, 6.07) is 7.18. The Hall–Kier alpha value is -3.49. The van der Waals surface area contributed by atoms with Crippen molar-refractivity contribution in [3.8, 4) is 11.5 Å². The fourth-order valence-corrected chi connectivity index (χ4v) is 3.36. The molecule has 9 heteroatoms. The number of carboxylic acids is 1. The van der Waals surface area contributed by atoms with E-state index in [9.17, 15) is 14.4 Å². The van der Waals surface area contributed by atoms with E-state index in [0.29, 0.717) is 35.8 Å². The molecular formula is C19H18N2O7. The first-order chi connectivity index (χ1) is 13.5. The number of carbonyl (C=O) groups is 3. The number of nitrogens with one attached hydrogen (secondary N) is 1. The van der Waals surface area contributed by atoms with Crippen LogP contribution in [-0.4, -0.2) is 47.2 Å². The van der Waals surface area contributed by atoms with Gasteiger partial charge < -0.3 is 29.2 Å². The number of likely N-dealkylation sites (tertiary alicyclic amines) is 1. The Morgan fingerprint density at radius 1 is 1.14 bits per heavy atom. The van der Waals surface area contributed by atoms with Crippen molar-refractivity contribution in [2.45, 2.75) is 25.4 Å². The van der Waals surface area contributed by atoms with Gasteiger partial charge in [-0.2, -0.15) is 0 Å². The fourth-order valence-electron chi connectivity index (χ4n) is 3.36. The molecule has 1 aromatic heterocycles. The predicted octanol–water partition coefficient (Wildman–Crippen LogP) is 1.63. The minimum Gasteiger partial charge on any atom is -0.475 e. The summed E-state index contributed by atoms with van der Waals surface area (Å²) in [5, 5.41) is 11.6. The van der Waals surface area contributed by atoms with Crippen molar-refractivity contribution in [1.82, 2.24) is 10.2 Å². The zero-order chi connectivity index (χ0) is 19.7. The van der Waals surface area contributed by atoms with Crippen molar-refractivity contribution in [3.63, 3.8) is 0 Å². The fraction of sp³-hybridized carbons (Fsp3) is 0.316. The second-order valence-corrected chi connectivity index (χ2v) is 6.51. The number of aromatic carboxylic acids is 1. The van der Waals surface area contributed by atoms with Crippen molar-refractivity contribution >= 4 is 17.8 Å². The van der Waals surface area contributed by atoms with Gasteiger partial charge in [0.25, 0.3) is 5.91 Å². The first kappa shape index (κ1) is 17.9. The third kappa shape index (κ3) is 3.38. The first-order valence-corrected chi connectivity index (χ1v) is 8.83. The van der Waals surface area contributed by atoms with E-state index in [2.05, 4.69) is 5.32 Å². The van der Waals surface area contributed by atoms with Gasteiger partial charge in [0, 0.05) is 12.1 Å². The van der Waals surface area contributed by atoms with Crippen molar-refractivity contribution < 1.29 is 33.4 Å². The third-order valence-corrected chi connectivity index (χ3v) is 4.75. The number of ether oxygens (including phenoxy) is 2. The largest absolute Gasteiger partial charge is 0.475 e. The van der Waals surface area contributed by atoms with Crippen molar-refractivity contribution in [3.05, 3.63) is 47.4 Å². The normalized spacial score (nSPS) is 17.6. The number of hydrogen-bond donors (Lipinski definition) is 2. The van der Waals surface area contributed by atoms with E-state index in [1.54, 1.807) is 18.2 Å². The number of rotatable bonds is 5. The molecular weight excluding hydrogens is 368 g/mol. The van der Waals surface area contributed by atoms with E-state index < -0.39 is 12.0 Å². The molecule has 0 bridgehead atoms. The van der Waals surface area contributed by atoms with Gasteiger partial charge in [-0.05, 0) is 43.2 Å². The van der Waals surface area contributed by atoms with E-state index in [1.807, 2.05) is 0 Å². The summed E-state index contributed by atoms with van der Waals surface area (Å²) in [5.41, 5.74) is 0.432. The Morgan fingerprint density at radius 3 is 2.75 bits per heavy atom. The summed E-state index contributed by atoms with van der Waals surface area (Å²) < 4.78 is 15.7. The van der Waals surface area contributed by atoms with Crippen LogP contribution in [0.2, 0.25) is 0 Å². The van der Waals surface area contributed by atoms with Crippen LogP contribution < -0.4 is 14.8 Å². The molecule has 9 nitrogen and oxygen atoms in total. The lowest BCUT2D eigenvalue weighted by molar-refractivity contribution is -0.125. The molecule has 2 N–H and O–H groups in total. The molecule has 2 aliphatic rings. The Balaban J connectivity index is 1.41. The second-order valence-electron chi connectivity index (χ2n) is 6.51. The molecule has 0 radical (unpaired) electrons. The molecule has 0 spiro atoms.